The van der Waals surface area contributed by atoms with E-state index in [1.807, 2.05) is 0 Å². The van der Waals surface area contributed by atoms with Gasteiger partial charge in [0.15, 0.2) is 0 Å². The second kappa shape index (κ2) is 4.35. The normalized spacial score (nSPS) is 26.4. The number of terminal acetylenes is 1. The number of hydrogen-bond donors (Lipinski definition) is 2. The minimum atomic E-state index is 0.127. The maximum Gasteiger partial charge on any atom is 0.0751 e. The van der Waals surface area contributed by atoms with Gasteiger partial charge in [0.05, 0.1) is 12.1 Å². The average Bonchev–Trinajstić information content (AvgIpc) is 2.52. The van der Waals surface area contributed by atoms with Gasteiger partial charge in [-0.05, 0) is 12.8 Å². The Morgan fingerprint density at radius 2 is 2.64 bits per heavy atom. The van der Waals surface area contributed by atoms with Gasteiger partial charge in [0, 0.05) is 13.0 Å². The lowest BCUT2D eigenvalue weighted by atomic mass is 10.1. The zero-order chi connectivity index (χ0) is 8.10. The van der Waals surface area contributed by atoms with Crippen LogP contribution in [0.25, 0.3) is 0 Å². The molecule has 1 saturated heterocycles. The molecular formula is C8H14N2O. The van der Waals surface area contributed by atoms with Gasteiger partial charge in [-0.3, -0.25) is 11.3 Å². The Bertz CT molecular complexity index is 147. The first kappa shape index (κ1) is 8.54. The molecule has 1 fully saturated rings. The van der Waals surface area contributed by atoms with Crippen LogP contribution in [0, 0.1) is 12.3 Å². The van der Waals surface area contributed by atoms with E-state index in [2.05, 4.69) is 11.3 Å². The number of ether oxygens (including phenoxy) is 1. The van der Waals surface area contributed by atoms with Crippen LogP contribution in [0.3, 0.4) is 0 Å². The number of nitrogens with one attached hydrogen (secondary N) is 1. The zero-order valence-electron chi connectivity index (χ0n) is 6.55. The van der Waals surface area contributed by atoms with Crippen molar-refractivity contribution in [2.75, 3.05) is 6.61 Å². The monoisotopic (exact) mass is 154 g/mol. The molecule has 11 heavy (non-hydrogen) atoms. The van der Waals surface area contributed by atoms with Crippen LogP contribution in [0.15, 0.2) is 0 Å². The predicted octanol–water partition coefficient (Wildman–Crippen LogP) is 0.0206. The summed E-state index contributed by atoms with van der Waals surface area (Å²) in [4.78, 5) is 0. The van der Waals surface area contributed by atoms with Crippen LogP contribution in [0.5, 0.6) is 0 Å². The summed E-state index contributed by atoms with van der Waals surface area (Å²) in [5.74, 6) is 7.89. The van der Waals surface area contributed by atoms with Crippen LogP contribution in [0.1, 0.15) is 19.3 Å². The van der Waals surface area contributed by atoms with Gasteiger partial charge in [-0.15, -0.1) is 12.3 Å². The molecule has 1 aliphatic heterocycles. The standard InChI is InChI=1S/C8H14N2O/c1-2-4-7(10-9)8-5-3-6-11-8/h1,7-8,10H,3-6,9H2. The van der Waals surface area contributed by atoms with Crippen LogP contribution in [-0.2, 0) is 4.74 Å². The Kier molecular flexibility index (Phi) is 3.37. The Balaban J connectivity index is 2.34. The third-order valence-corrected chi connectivity index (χ3v) is 1.97. The van der Waals surface area contributed by atoms with Crippen LogP contribution in [-0.4, -0.2) is 18.8 Å². The van der Waals surface area contributed by atoms with Crippen molar-refractivity contribution in [2.24, 2.45) is 5.84 Å². The first-order chi connectivity index (χ1) is 5.38. The summed E-state index contributed by atoms with van der Waals surface area (Å²) in [6.07, 6.45) is 8.21. The van der Waals surface area contributed by atoms with E-state index in [-0.39, 0.29) is 12.1 Å². The highest BCUT2D eigenvalue weighted by molar-refractivity contribution is 4.93. The quantitative estimate of drug-likeness (QED) is 0.342. The van der Waals surface area contributed by atoms with E-state index in [0.717, 1.165) is 19.4 Å². The Morgan fingerprint density at radius 3 is 3.09 bits per heavy atom. The van der Waals surface area contributed by atoms with Crippen molar-refractivity contribution in [1.29, 1.82) is 0 Å². The maximum atomic E-state index is 5.42. The van der Waals surface area contributed by atoms with Gasteiger partial charge in [-0.2, -0.15) is 0 Å². The summed E-state index contributed by atoms with van der Waals surface area (Å²) in [7, 11) is 0. The van der Waals surface area contributed by atoms with E-state index in [1.165, 1.54) is 0 Å². The summed E-state index contributed by atoms with van der Waals surface area (Å²) in [6, 6.07) is 0.127. The number of nitrogens with two attached hydrogens (primary N) is 1. The van der Waals surface area contributed by atoms with E-state index in [4.69, 9.17) is 17.0 Å². The summed E-state index contributed by atoms with van der Waals surface area (Å²) >= 11 is 0. The highest BCUT2D eigenvalue weighted by Crippen LogP contribution is 2.16. The first-order valence-corrected chi connectivity index (χ1v) is 3.89. The molecule has 3 N–H and O–H groups in total. The minimum Gasteiger partial charge on any atom is -0.377 e. The Hall–Kier alpha value is -0.560. The molecule has 0 aromatic heterocycles. The van der Waals surface area contributed by atoms with Crippen LogP contribution in [0.4, 0.5) is 0 Å². The Labute approximate surface area is 67.3 Å². The first-order valence-electron chi connectivity index (χ1n) is 3.89. The largest absolute Gasteiger partial charge is 0.377 e. The van der Waals surface area contributed by atoms with Crippen molar-refractivity contribution in [3.63, 3.8) is 0 Å². The van der Waals surface area contributed by atoms with Crippen LogP contribution >= 0.6 is 0 Å². The zero-order valence-corrected chi connectivity index (χ0v) is 6.55. The summed E-state index contributed by atoms with van der Waals surface area (Å²) in [5.41, 5.74) is 2.68. The summed E-state index contributed by atoms with van der Waals surface area (Å²) in [6.45, 7) is 0.841. The van der Waals surface area contributed by atoms with Crippen molar-refractivity contribution in [1.82, 2.24) is 5.43 Å². The minimum absolute atomic E-state index is 0.127. The van der Waals surface area contributed by atoms with Crippen molar-refractivity contribution >= 4 is 0 Å². The molecule has 0 aliphatic carbocycles. The molecule has 2 unspecified atom stereocenters. The molecule has 1 heterocycles. The fraction of sp³-hybridized carbons (Fsp3) is 0.750. The molecule has 0 saturated carbocycles. The van der Waals surface area contributed by atoms with E-state index in [0.29, 0.717) is 6.42 Å². The second-order valence-electron chi connectivity index (χ2n) is 2.73. The highest BCUT2D eigenvalue weighted by Gasteiger charge is 2.23. The molecule has 0 aromatic carbocycles. The van der Waals surface area contributed by atoms with E-state index in [9.17, 15) is 0 Å². The number of hydrazine groups is 1. The van der Waals surface area contributed by atoms with Gasteiger partial charge < -0.3 is 4.74 Å². The molecule has 0 bridgehead atoms. The molecule has 62 valence electrons. The van der Waals surface area contributed by atoms with Crippen molar-refractivity contribution in [2.45, 2.75) is 31.4 Å². The predicted molar refractivity (Wildman–Crippen MR) is 43.5 cm³/mol. The third-order valence-electron chi connectivity index (χ3n) is 1.97. The van der Waals surface area contributed by atoms with Crippen molar-refractivity contribution in [3.8, 4) is 12.3 Å². The molecule has 1 aliphatic rings. The lowest BCUT2D eigenvalue weighted by molar-refractivity contribution is 0.0799. The molecule has 0 radical (unpaired) electrons. The lowest BCUT2D eigenvalue weighted by Crippen LogP contribution is -2.43. The third kappa shape index (κ3) is 2.19. The van der Waals surface area contributed by atoms with Gasteiger partial charge in [-0.1, -0.05) is 0 Å². The van der Waals surface area contributed by atoms with Crippen molar-refractivity contribution in [3.05, 3.63) is 0 Å². The highest BCUT2D eigenvalue weighted by atomic mass is 16.5. The van der Waals surface area contributed by atoms with Gasteiger partial charge in [0.1, 0.15) is 0 Å². The fourth-order valence-corrected chi connectivity index (χ4v) is 1.34. The van der Waals surface area contributed by atoms with Gasteiger partial charge in [0.2, 0.25) is 0 Å². The average molecular weight is 154 g/mol. The van der Waals surface area contributed by atoms with Crippen LogP contribution < -0.4 is 11.3 Å². The second-order valence-corrected chi connectivity index (χ2v) is 2.73. The molecule has 0 amide bonds. The number of hydrogen-bond acceptors (Lipinski definition) is 3. The number of rotatable bonds is 3. The smallest absolute Gasteiger partial charge is 0.0751 e. The fourth-order valence-electron chi connectivity index (χ4n) is 1.34. The van der Waals surface area contributed by atoms with E-state index >= 15 is 0 Å². The molecule has 0 aromatic rings. The van der Waals surface area contributed by atoms with E-state index in [1.54, 1.807) is 0 Å². The molecular weight excluding hydrogens is 140 g/mol. The molecule has 0 spiro atoms. The maximum absolute atomic E-state index is 5.42. The van der Waals surface area contributed by atoms with Gasteiger partial charge in [-0.25, -0.2) is 0 Å². The summed E-state index contributed by atoms with van der Waals surface area (Å²) < 4.78 is 5.42. The van der Waals surface area contributed by atoms with Gasteiger partial charge >= 0.3 is 0 Å². The molecule has 3 nitrogen and oxygen atoms in total. The molecule has 3 heteroatoms. The summed E-state index contributed by atoms with van der Waals surface area (Å²) in [5, 5.41) is 0. The lowest BCUT2D eigenvalue weighted by Gasteiger charge is -2.19. The Morgan fingerprint density at radius 1 is 1.82 bits per heavy atom. The van der Waals surface area contributed by atoms with Gasteiger partial charge in [0.25, 0.3) is 0 Å². The topological polar surface area (TPSA) is 47.3 Å². The molecule has 1 rings (SSSR count). The van der Waals surface area contributed by atoms with E-state index < -0.39 is 0 Å². The van der Waals surface area contributed by atoms with Crippen LogP contribution in [0.2, 0.25) is 0 Å². The van der Waals surface area contributed by atoms with Crippen molar-refractivity contribution < 1.29 is 4.74 Å². The SMILES string of the molecule is C#CCC(NN)C1CCCO1. The molecule has 2 atom stereocenters.